The number of para-hydroxylation sites is 1. The van der Waals surface area contributed by atoms with Gasteiger partial charge in [0, 0.05) is 40.2 Å². The molecule has 152 valence electrons. The number of aromatic nitrogens is 1. The molecule has 4 aromatic rings. The molecule has 0 radical (unpaired) electrons. The molecule has 1 aliphatic heterocycles. The maximum absolute atomic E-state index is 13.3. The Morgan fingerprint density at radius 1 is 1.03 bits per heavy atom. The first-order valence-corrected chi connectivity index (χ1v) is 10.9. The van der Waals surface area contributed by atoms with Gasteiger partial charge in [0.1, 0.15) is 13.2 Å². The van der Waals surface area contributed by atoms with Crippen molar-refractivity contribution >= 4 is 33.8 Å². The molecule has 0 bridgehead atoms. The highest BCUT2D eigenvalue weighted by Crippen LogP contribution is 2.35. The highest BCUT2D eigenvalue weighted by Gasteiger charge is 2.20. The van der Waals surface area contributed by atoms with Gasteiger partial charge in [0.15, 0.2) is 11.5 Å². The average molecular weight is 419 g/mol. The van der Waals surface area contributed by atoms with Crippen LogP contribution in [0.4, 0.5) is 5.69 Å². The number of nitrogens with zero attached hydrogens (tertiary/aromatic N) is 1. The van der Waals surface area contributed by atoms with Crippen molar-refractivity contribution in [3.63, 3.8) is 0 Å². The fourth-order valence-corrected chi connectivity index (χ4v) is 4.49. The molecule has 30 heavy (non-hydrogen) atoms. The molecule has 2 aromatic carbocycles. The molecule has 1 amide bonds. The fraction of sp³-hybridized carbons (Fsp3) is 0.208. The molecule has 1 N–H and O–H groups in total. The number of amides is 1. The minimum atomic E-state index is 0.0883. The van der Waals surface area contributed by atoms with Crippen LogP contribution in [0.15, 0.2) is 66.2 Å². The number of H-pyrrole nitrogens is 1. The number of benzene rings is 2. The highest BCUT2D eigenvalue weighted by molar-refractivity contribution is 7.09. The lowest BCUT2D eigenvalue weighted by Gasteiger charge is -2.25. The van der Waals surface area contributed by atoms with Gasteiger partial charge in [-0.1, -0.05) is 24.3 Å². The van der Waals surface area contributed by atoms with E-state index in [1.807, 2.05) is 52.9 Å². The van der Waals surface area contributed by atoms with E-state index in [0.717, 1.165) is 27.4 Å². The topological polar surface area (TPSA) is 54.6 Å². The van der Waals surface area contributed by atoms with Gasteiger partial charge in [-0.05, 0) is 41.6 Å². The molecule has 0 saturated carbocycles. The van der Waals surface area contributed by atoms with Crippen LogP contribution >= 0.6 is 11.3 Å². The van der Waals surface area contributed by atoms with Crippen molar-refractivity contribution < 1.29 is 14.3 Å². The molecule has 0 atom stereocenters. The van der Waals surface area contributed by atoms with E-state index in [-0.39, 0.29) is 5.91 Å². The van der Waals surface area contributed by atoms with Crippen LogP contribution in [-0.2, 0) is 17.8 Å². The van der Waals surface area contributed by atoms with E-state index >= 15 is 0 Å². The first-order valence-electron chi connectivity index (χ1n) is 10.1. The number of ether oxygens (including phenoxy) is 2. The third-order valence-corrected chi connectivity index (χ3v) is 6.18. The van der Waals surface area contributed by atoms with Crippen LogP contribution in [-0.4, -0.2) is 24.1 Å². The summed E-state index contributed by atoms with van der Waals surface area (Å²) in [7, 11) is 0. The second kappa shape index (κ2) is 8.24. The van der Waals surface area contributed by atoms with E-state index < -0.39 is 0 Å². The maximum atomic E-state index is 13.3. The third-order valence-electron chi connectivity index (χ3n) is 5.32. The van der Waals surface area contributed by atoms with Crippen molar-refractivity contribution in [3.05, 3.63) is 76.6 Å². The van der Waals surface area contributed by atoms with E-state index in [4.69, 9.17) is 9.47 Å². The molecule has 1 aliphatic rings. The predicted molar refractivity (Wildman–Crippen MR) is 120 cm³/mol. The second-order valence-electron chi connectivity index (χ2n) is 7.25. The molecule has 5 nitrogen and oxygen atoms in total. The van der Waals surface area contributed by atoms with Gasteiger partial charge in [-0.2, -0.15) is 0 Å². The first kappa shape index (κ1) is 18.8. The zero-order valence-electron chi connectivity index (χ0n) is 16.5. The number of aromatic amines is 1. The monoisotopic (exact) mass is 418 g/mol. The number of anilines is 1. The quantitative estimate of drug-likeness (QED) is 0.470. The molecule has 0 fully saturated rings. The van der Waals surface area contributed by atoms with Crippen molar-refractivity contribution in [1.29, 1.82) is 0 Å². The summed E-state index contributed by atoms with van der Waals surface area (Å²) in [5, 5.41) is 3.21. The Kier molecular flexibility index (Phi) is 5.15. The van der Waals surface area contributed by atoms with Gasteiger partial charge in [0.2, 0.25) is 5.91 Å². The number of carbonyl (C=O) groups excluding carboxylic acids is 1. The van der Waals surface area contributed by atoms with E-state index in [9.17, 15) is 4.79 Å². The van der Waals surface area contributed by atoms with Crippen LogP contribution in [0.2, 0.25) is 0 Å². The molecule has 3 heterocycles. The summed E-state index contributed by atoms with van der Waals surface area (Å²) < 4.78 is 11.4. The summed E-state index contributed by atoms with van der Waals surface area (Å²) in [6.45, 7) is 1.62. The average Bonchev–Trinajstić information content (AvgIpc) is 3.45. The molecular weight excluding hydrogens is 396 g/mol. The lowest BCUT2D eigenvalue weighted by molar-refractivity contribution is -0.118. The van der Waals surface area contributed by atoms with Crippen LogP contribution in [0.25, 0.3) is 10.9 Å². The molecular formula is C24H22N2O3S. The Labute approximate surface area is 178 Å². The molecule has 0 aliphatic carbocycles. The van der Waals surface area contributed by atoms with Gasteiger partial charge in [0.25, 0.3) is 0 Å². The SMILES string of the molecule is O=C(CCc1c[nH]c2ccccc12)N(Cc1cccs1)c1ccc2c(c1)OCCO2. The fourth-order valence-electron chi connectivity index (χ4n) is 3.80. The van der Waals surface area contributed by atoms with E-state index in [1.165, 1.54) is 5.39 Å². The second-order valence-corrected chi connectivity index (χ2v) is 8.28. The van der Waals surface area contributed by atoms with Crippen molar-refractivity contribution in [2.75, 3.05) is 18.1 Å². The standard InChI is InChI=1S/C24H22N2O3S/c27-24(10-7-17-15-25-21-6-2-1-5-20(17)21)26(16-19-4-3-13-30-19)18-8-9-22-23(14-18)29-12-11-28-22/h1-6,8-9,13-15,25H,7,10-12,16H2. The number of aryl methyl sites for hydroxylation is 1. The molecule has 0 spiro atoms. The Hall–Kier alpha value is -3.25. The summed E-state index contributed by atoms with van der Waals surface area (Å²) in [5.74, 6) is 1.51. The Bertz CT molecular complexity index is 1170. The van der Waals surface area contributed by atoms with E-state index in [2.05, 4.69) is 23.2 Å². The van der Waals surface area contributed by atoms with Crippen LogP contribution in [0.3, 0.4) is 0 Å². The Morgan fingerprint density at radius 3 is 2.77 bits per heavy atom. The number of hydrogen-bond donors (Lipinski definition) is 1. The molecule has 6 heteroatoms. The smallest absolute Gasteiger partial charge is 0.227 e. The molecule has 2 aromatic heterocycles. The lowest BCUT2D eigenvalue weighted by atomic mass is 10.1. The maximum Gasteiger partial charge on any atom is 0.227 e. The lowest BCUT2D eigenvalue weighted by Crippen LogP contribution is -2.30. The van der Waals surface area contributed by atoms with Gasteiger partial charge < -0.3 is 19.4 Å². The predicted octanol–water partition coefficient (Wildman–Crippen LogP) is 5.17. The van der Waals surface area contributed by atoms with Crippen molar-refractivity contribution in [1.82, 2.24) is 4.98 Å². The Balaban J connectivity index is 1.39. The van der Waals surface area contributed by atoms with Crippen molar-refractivity contribution in [2.45, 2.75) is 19.4 Å². The summed E-state index contributed by atoms with van der Waals surface area (Å²) in [5.41, 5.74) is 3.09. The van der Waals surface area contributed by atoms with Crippen LogP contribution in [0.5, 0.6) is 11.5 Å². The summed E-state index contributed by atoms with van der Waals surface area (Å²) in [4.78, 5) is 19.6. The van der Waals surface area contributed by atoms with Crippen LogP contribution in [0.1, 0.15) is 16.9 Å². The number of thiophene rings is 1. The van der Waals surface area contributed by atoms with Gasteiger partial charge >= 0.3 is 0 Å². The largest absolute Gasteiger partial charge is 0.486 e. The van der Waals surface area contributed by atoms with Crippen LogP contribution in [0, 0.1) is 0 Å². The number of rotatable bonds is 6. The van der Waals surface area contributed by atoms with Gasteiger partial charge in [-0.15, -0.1) is 11.3 Å². The van der Waals surface area contributed by atoms with E-state index in [1.54, 1.807) is 11.3 Å². The first-order chi connectivity index (χ1) is 14.8. The number of hydrogen-bond acceptors (Lipinski definition) is 4. The minimum absolute atomic E-state index is 0.0883. The minimum Gasteiger partial charge on any atom is -0.486 e. The zero-order chi connectivity index (χ0) is 20.3. The third kappa shape index (κ3) is 3.78. The molecule has 0 unspecified atom stereocenters. The Morgan fingerprint density at radius 2 is 1.90 bits per heavy atom. The van der Waals surface area contributed by atoms with Crippen molar-refractivity contribution in [3.8, 4) is 11.5 Å². The van der Waals surface area contributed by atoms with E-state index in [0.29, 0.717) is 38.3 Å². The van der Waals surface area contributed by atoms with Crippen molar-refractivity contribution in [2.24, 2.45) is 0 Å². The van der Waals surface area contributed by atoms with Crippen LogP contribution < -0.4 is 14.4 Å². The normalized spacial score (nSPS) is 12.8. The molecule has 5 rings (SSSR count). The number of nitrogens with one attached hydrogen (secondary N) is 1. The summed E-state index contributed by atoms with van der Waals surface area (Å²) >= 11 is 1.65. The van der Waals surface area contributed by atoms with Gasteiger partial charge in [0.05, 0.1) is 6.54 Å². The highest BCUT2D eigenvalue weighted by atomic mass is 32.1. The number of carbonyl (C=O) groups is 1. The number of fused-ring (bicyclic) bond motifs is 2. The molecule has 0 saturated heterocycles. The summed E-state index contributed by atoms with van der Waals surface area (Å²) in [6, 6.07) is 18.0. The van der Waals surface area contributed by atoms with Gasteiger partial charge in [-0.25, -0.2) is 0 Å². The zero-order valence-corrected chi connectivity index (χ0v) is 17.3. The van der Waals surface area contributed by atoms with Gasteiger partial charge in [-0.3, -0.25) is 4.79 Å². The summed E-state index contributed by atoms with van der Waals surface area (Å²) in [6.07, 6.45) is 3.13.